The van der Waals surface area contributed by atoms with E-state index in [1.807, 2.05) is 59.7 Å². The van der Waals surface area contributed by atoms with Crippen LogP contribution in [0.1, 0.15) is 66.3 Å². The van der Waals surface area contributed by atoms with Crippen molar-refractivity contribution in [2.24, 2.45) is 0 Å². The lowest BCUT2D eigenvalue weighted by Crippen LogP contribution is -2.31. The van der Waals surface area contributed by atoms with Crippen molar-refractivity contribution in [2.75, 3.05) is 0 Å². The molecule has 172 valence electrons. The van der Waals surface area contributed by atoms with Crippen molar-refractivity contribution >= 4 is 6.09 Å². The Hall–Kier alpha value is -3.21. The maximum atomic E-state index is 14.6. The van der Waals surface area contributed by atoms with Gasteiger partial charge in [-0.3, -0.25) is 9.88 Å². The van der Waals surface area contributed by atoms with Gasteiger partial charge in [0.05, 0.1) is 12.6 Å². The SMILES string of the molecule is Cc1ccc(-c2cc(C(C)C)c(F)cc2C)c(CN2C(=O)O[C@H](c3ccnc(C)c3)[C@@H]2C)c1. The van der Waals surface area contributed by atoms with E-state index in [1.54, 1.807) is 17.2 Å². The molecule has 4 nitrogen and oxygen atoms in total. The second kappa shape index (κ2) is 8.97. The van der Waals surface area contributed by atoms with Crippen LogP contribution >= 0.6 is 0 Å². The number of nitrogens with zero attached hydrogens (tertiary/aromatic N) is 2. The summed E-state index contributed by atoms with van der Waals surface area (Å²) in [6.45, 7) is 12.3. The average Bonchev–Trinajstić information content (AvgIpc) is 3.02. The molecule has 5 heteroatoms. The van der Waals surface area contributed by atoms with Gasteiger partial charge in [-0.15, -0.1) is 0 Å². The maximum absolute atomic E-state index is 14.6. The highest BCUT2D eigenvalue weighted by Gasteiger charge is 2.40. The van der Waals surface area contributed by atoms with Crippen LogP contribution in [0.5, 0.6) is 0 Å². The summed E-state index contributed by atoms with van der Waals surface area (Å²) in [7, 11) is 0. The molecule has 0 bridgehead atoms. The lowest BCUT2D eigenvalue weighted by Gasteiger charge is -2.23. The van der Waals surface area contributed by atoms with E-state index in [0.717, 1.165) is 39.1 Å². The minimum Gasteiger partial charge on any atom is -0.439 e. The second-order valence-corrected chi connectivity index (χ2v) is 9.41. The van der Waals surface area contributed by atoms with Gasteiger partial charge in [-0.2, -0.15) is 0 Å². The van der Waals surface area contributed by atoms with Crippen molar-refractivity contribution in [3.05, 3.63) is 88.0 Å². The zero-order valence-electron chi connectivity index (χ0n) is 20.1. The Balaban J connectivity index is 1.71. The van der Waals surface area contributed by atoms with Crippen molar-refractivity contribution in [1.82, 2.24) is 9.88 Å². The van der Waals surface area contributed by atoms with E-state index in [0.29, 0.717) is 12.1 Å². The lowest BCUT2D eigenvalue weighted by atomic mass is 9.90. The first-order chi connectivity index (χ1) is 15.7. The molecule has 1 aromatic heterocycles. The number of halogens is 1. The molecule has 4 rings (SSSR count). The van der Waals surface area contributed by atoms with Gasteiger partial charge in [0.25, 0.3) is 0 Å². The van der Waals surface area contributed by atoms with Gasteiger partial charge >= 0.3 is 6.09 Å². The summed E-state index contributed by atoms with van der Waals surface area (Å²) < 4.78 is 20.3. The van der Waals surface area contributed by atoms with Crippen LogP contribution in [0.25, 0.3) is 11.1 Å². The highest BCUT2D eigenvalue weighted by atomic mass is 19.1. The van der Waals surface area contributed by atoms with Gasteiger partial charge in [0.1, 0.15) is 11.9 Å². The fourth-order valence-electron chi connectivity index (χ4n) is 4.63. The highest BCUT2D eigenvalue weighted by Crippen LogP contribution is 2.37. The maximum Gasteiger partial charge on any atom is 0.411 e. The molecular formula is C28H31FN2O2. The Morgan fingerprint density at radius 3 is 2.52 bits per heavy atom. The van der Waals surface area contributed by atoms with Crippen LogP contribution in [0.4, 0.5) is 9.18 Å². The third kappa shape index (κ3) is 4.50. The molecule has 0 N–H and O–H groups in total. The molecule has 1 aliphatic rings. The number of rotatable bonds is 5. The van der Waals surface area contributed by atoms with E-state index >= 15 is 0 Å². The van der Waals surface area contributed by atoms with Crippen LogP contribution in [0.15, 0.2) is 48.7 Å². The molecule has 2 aromatic carbocycles. The number of aromatic nitrogens is 1. The molecule has 1 aliphatic heterocycles. The van der Waals surface area contributed by atoms with E-state index in [2.05, 4.69) is 23.2 Å². The van der Waals surface area contributed by atoms with Crippen molar-refractivity contribution in [2.45, 2.75) is 66.2 Å². The average molecular weight is 447 g/mol. The van der Waals surface area contributed by atoms with Crippen molar-refractivity contribution < 1.29 is 13.9 Å². The number of benzene rings is 2. The minimum atomic E-state index is -0.340. The Labute approximate surface area is 195 Å². The number of pyridine rings is 1. The van der Waals surface area contributed by atoms with Gasteiger partial charge in [0.15, 0.2) is 0 Å². The first-order valence-electron chi connectivity index (χ1n) is 11.5. The van der Waals surface area contributed by atoms with E-state index in [1.165, 1.54) is 0 Å². The molecule has 0 spiro atoms. The molecule has 0 radical (unpaired) electrons. The molecular weight excluding hydrogens is 415 g/mol. The van der Waals surface area contributed by atoms with Crippen LogP contribution in [0.3, 0.4) is 0 Å². The molecule has 0 aliphatic carbocycles. The second-order valence-electron chi connectivity index (χ2n) is 9.41. The number of hydrogen-bond donors (Lipinski definition) is 0. The number of cyclic esters (lactones) is 1. The zero-order chi connectivity index (χ0) is 23.9. The predicted molar refractivity (Wildman–Crippen MR) is 129 cm³/mol. The van der Waals surface area contributed by atoms with Crippen LogP contribution in [0, 0.1) is 26.6 Å². The molecule has 0 saturated carbocycles. The standard InChI is InChI=1S/C28H31FN2O2/c1-16(2)24-14-25(18(4)12-26(24)29)23-8-7-17(3)11-22(23)15-31-20(6)27(33-28(31)32)21-9-10-30-19(5)13-21/h7-14,16,20,27H,15H2,1-6H3/t20-,27-/m0/s1. The molecule has 33 heavy (non-hydrogen) atoms. The van der Waals surface area contributed by atoms with E-state index in [4.69, 9.17) is 4.74 Å². The zero-order valence-corrected chi connectivity index (χ0v) is 20.1. The number of carbonyl (C=O) groups is 1. The fraction of sp³-hybridized carbons (Fsp3) is 0.357. The first kappa shape index (κ1) is 23.0. The van der Waals surface area contributed by atoms with E-state index in [-0.39, 0.29) is 30.0 Å². The van der Waals surface area contributed by atoms with Crippen molar-refractivity contribution in [1.29, 1.82) is 0 Å². The summed E-state index contributed by atoms with van der Waals surface area (Å²) >= 11 is 0. The van der Waals surface area contributed by atoms with Gasteiger partial charge in [-0.25, -0.2) is 9.18 Å². The number of hydrogen-bond acceptors (Lipinski definition) is 3. The van der Waals surface area contributed by atoms with E-state index < -0.39 is 0 Å². The Bertz CT molecular complexity index is 1200. The Morgan fingerprint density at radius 1 is 1.06 bits per heavy atom. The molecule has 0 unspecified atom stereocenters. The summed E-state index contributed by atoms with van der Waals surface area (Å²) in [5.41, 5.74) is 7.57. The quantitative estimate of drug-likeness (QED) is 0.423. The topological polar surface area (TPSA) is 42.4 Å². The summed E-state index contributed by atoms with van der Waals surface area (Å²) in [5.74, 6) is -0.0939. The molecule has 1 saturated heterocycles. The largest absolute Gasteiger partial charge is 0.439 e. The van der Waals surface area contributed by atoms with Gasteiger partial charge in [0.2, 0.25) is 0 Å². The Kier molecular flexibility index (Phi) is 6.24. The number of carbonyl (C=O) groups excluding carboxylic acids is 1. The van der Waals surface area contributed by atoms with Crippen molar-refractivity contribution in [3.63, 3.8) is 0 Å². The minimum absolute atomic E-state index is 0.0800. The van der Waals surface area contributed by atoms with Crippen LogP contribution in [-0.4, -0.2) is 22.0 Å². The summed E-state index contributed by atoms with van der Waals surface area (Å²) in [4.78, 5) is 18.9. The number of amides is 1. The first-order valence-corrected chi connectivity index (χ1v) is 11.5. The van der Waals surface area contributed by atoms with Gasteiger partial charge < -0.3 is 4.74 Å². The monoisotopic (exact) mass is 446 g/mol. The van der Waals surface area contributed by atoms with Crippen LogP contribution in [0.2, 0.25) is 0 Å². The van der Waals surface area contributed by atoms with Crippen LogP contribution < -0.4 is 0 Å². The molecule has 2 atom stereocenters. The molecule has 3 aromatic rings. The molecule has 2 heterocycles. The van der Waals surface area contributed by atoms with Gasteiger partial charge in [-0.05, 0) is 91.3 Å². The smallest absolute Gasteiger partial charge is 0.411 e. The number of aryl methyl sites for hydroxylation is 3. The normalized spacial score (nSPS) is 18.2. The summed E-state index contributed by atoms with van der Waals surface area (Å²) in [6.07, 6.45) is 1.08. The molecule has 1 amide bonds. The van der Waals surface area contributed by atoms with Crippen LogP contribution in [-0.2, 0) is 11.3 Å². The Morgan fingerprint density at radius 2 is 1.82 bits per heavy atom. The predicted octanol–water partition coefficient (Wildman–Crippen LogP) is 7.02. The van der Waals surface area contributed by atoms with Crippen molar-refractivity contribution in [3.8, 4) is 11.1 Å². The third-order valence-corrected chi connectivity index (χ3v) is 6.50. The van der Waals surface area contributed by atoms with Gasteiger partial charge in [-0.1, -0.05) is 37.6 Å². The van der Waals surface area contributed by atoms with Gasteiger partial charge in [0, 0.05) is 11.9 Å². The summed E-state index contributed by atoms with van der Waals surface area (Å²) in [6, 6.07) is 13.5. The molecule has 1 fully saturated rings. The lowest BCUT2D eigenvalue weighted by molar-refractivity contribution is 0.130. The fourth-order valence-corrected chi connectivity index (χ4v) is 4.63. The van der Waals surface area contributed by atoms with E-state index in [9.17, 15) is 9.18 Å². The summed E-state index contributed by atoms with van der Waals surface area (Å²) in [5, 5.41) is 0. The highest BCUT2D eigenvalue weighted by molar-refractivity contribution is 5.74. The number of ether oxygens (including phenoxy) is 1. The third-order valence-electron chi connectivity index (χ3n) is 6.50.